The van der Waals surface area contributed by atoms with Crippen LogP contribution < -0.4 is 14.8 Å². The minimum atomic E-state index is -0.140. The summed E-state index contributed by atoms with van der Waals surface area (Å²) < 4.78 is 17.4. The molecule has 2 atom stereocenters. The largest absolute Gasteiger partial charge is 0.493 e. The van der Waals surface area contributed by atoms with Gasteiger partial charge in [-0.3, -0.25) is 4.79 Å². The summed E-state index contributed by atoms with van der Waals surface area (Å²) in [5.41, 5.74) is 2.36. The Kier molecular flexibility index (Phi) is 9.63. The van der Waals surface area contributed by atoms with Crippen molar-refractivity contribution in [2.75, 3.05) is 26.4 Å². The van der Waals surface area contributed by atoms with Crippen molar-refractivity contribution >= 4 is 17.4 Å². The SMILES string of the molecule is CCOc1cc(C(C)NCCOC(C)c2ccccc2)c(Cl)c(OCC)c1C(C)=O. The molecule has 0 saturated heterocycles. The smallest absolute Gasteiger partial charge is 0.167 e. The predicted octanol–water partition coefficient (Wildman–Crippen LogP) is 5.77. The molecule has 30 heavy (non-hydrogen) atoms. The van der Waals surface area contributed by atoms with Crippen molar-refractivity contribution in [3.63, 3.8) is 0 Å². The Morgan fingerprint density at radius 2 is 1.77 bits per heavy atom. The van der Waals surface area contributed by atoms with Crippen LogP contribution in [0.25, 0.3) is 0 Å². The summed E-state index contributed by atoms with van der Waals surface area (Å²) in [5.74, 6) is 0.741. The van der Waals surface area contributed by atoms with Gasteiger partial charge in [0.1, 0.15) is 11.3 Å². The van der Waals surface area contributed by atoms with Crippen LogP contribution in [0.3, 0.4) is 0 Å². The summed E-state index contributed by atoms with van der Waals surface area (Å²) in [6.45, 7) is 11.3. The van der Waals surface area contributed by atoms with E-state index in [1.54, 1.807) is 0 Å². The number of carbonyl (C=O) groups is 1. The molecule has 0 saturated carbocycles. The molecule has 0 aromatic heterocycles. The second kappa shape index (κ2) is 11.9. The van der Waals surface area contributed by atoms with Crippen molar-refractivity contribution in [3.8, 4) is 11.5 Å². The van der Waals surface area contributed by atoms with Gasteiger partial charge >= 0.3 is 0 Å². The van der Waals surface area contributed by atoms with Gasteiger partial charge in [0.05, 0.1) is 30.9 Å². The number of halogens is 1. The molecule has 6 heteroatoms. The quantitative estimate of drug-likeness (QED) is 0.340. The van der Waals surface area contributed by atoms with E-state index in [-0.39, 0.29) is 17.9 Å². The van der Waals surface area contributed by atoms with Gasteiger partial charge in [-0.2, -0.15) is 0 Å². The minimum Gasteiger partial charge on any atom is -0.493 e. The van der Waals surface area contributed by atoms with E-state index >= 15 is 0 Å². The lowest BCUT2D eigenvalue weighted by atomic mass is 10.0. The first kappa shape index (κ1) is 24.2. The van der Waals surface area contributed by atoms with Crippen LogP contribution in [0.4, 0.5) is 0 Å². The van der Waals surface area contributed by atoms with Crippen LogP contribution in [0.15, 0.2) is 36.4 Å². The molecule has 0 aliphatic rings. The maximum Gasteiger partial charge on any atom is 0.167 e. The molecule has 0 aliphatic carbocycles. The Bertz CT molecular complexity index is 826. The Morgan fingerprint density at radius 3 is 2.37 bits per heavy atom. The van der Waals surface area contributed by atoms with E-state index in [0.29, 0.717) is 48.5 Å². The number of hydrogen-bond donors (Lipinski definition) is 1. The lowest BCUT2D eigenvalue weighted by Crippen LogP contribution is -2.24. The standard InChI is InChI=1S/C24H32ClNO4/c1-6-28-21-15-20(23(25)24(29-7-2)22(21)17(4)27)16(3)26-13-14-30-18(5)19-11-9-8-10-12-19/h8-12,15-16,18,26H,6-7,13-14H2,1-5H3. The number of Topliss-reactive ketones (excluding diaryl/α,β-unsaturated/α-hetero) is 1. The fourth-order valence-corrected chi connectivity index (χ4v) is 3.64. The third kappa shape index (κ3) is 6.21. The van der Waals surface area contributed by atoms with Crippen molar-refractivity contribution in [3.05, 3.63) is 58.1 Å². The Balaban J connectivity index is 2.10. The highest BCUT2D eigenvalue weighted by atomic mass is 35.5. The highest BCUT2D eigenvalue weighted by molar-refractivity contribution is 6.33. The zero-order valence-corrected chi connectivity index (χ0v) is 19.2. The molecule has 0 aliphatic heterocycles. The zero-order chi connectivity index (χ0) is 22.1. The van der Waals surface area contributed by atoms with Crippen LogP contribution in [0.1, 0.15) is 68.2 Å². The minimum absolute atomic E-state index is 0.0239. The maximum absolute atomic E-state index is 12.2. The highest BCUT2D eigenvalue weighted by Crippen LogP contribution is 2.41. The molecule has 0 amide bonds. The van der Waals surface area contributed by atoms with Gasteiger partial charge in [-0.15, -0.1) is 0 Å². The van der Waals surface area contributed by atoms with Crippen LogP contribution in [0.5, 0.6) is 11.5 Å². The van der Waals surface area contributed by atoms with Gasteiger partial charge in [0.15, 0.2) is 11.5 Å². The Morgan fingerprint density at radius 1 is 1.10 bits per heavy atom. The van der Waals surface area contributed by atoms with E-state index in [0.717, 1.165) is 11.1 Å². The van der Waals surface area contributed by atoms with Crippen LogP contribution in [-0.4, -0.2) is 32.1 Å². The van der Waals surface area contributed by atoms with E-state index in [2.05, 4.69) is 17.4 Å². The third-order valence-corrected chi connectivity index (χ3v) is 5.20. The average molecular weight is 434 g/mol. The lowest BCUT2D eigenvalue weighted by molar-refractivity contribution is 0.0666. The molecule has 2 unspecified atom stereocenters. The molecule has 1 N–H and O–H groups in total. The number of carbonyl (C=O) groups excluding carboxylic acids is 1. The third-order valence-electron chi connectivity index (χ3n) is 4.81. The van der Waals surface area contributed by atoms with Gasteiger partial charge in [0, 0.05) is 12.6 Å². The van der Waals surface area contributed by atoms with Crippen molar-refractivity contribution in [1.29, 1.82) is 0 Å². The number of benzene rings is 2. The van der Waals surface area contributed by atoms with Crippen LogP contribution in [-0.2, 0) is 4.74 Å². The Hall–Kier alpha value is -2.08. The molecule has 0 spiro atoms. The highest BCUT2D eigenvalue weighted by Gasteiger charge is 2.24. The predicted molar refractivity (Wildman–Crippen MR) is 121 cm³/mol. The molecule has 0 bridgehead atoms. The van der Waals surface area contributed by atoms with Crippen molar-refractivity contribution in [1.82, 2.24) is 5.32 Å². The first-order valence-corrected chi connectivity index (χ1v) is 10.8. The summed E-state index contributed by atoms with van der Waals surface area (Å²) in [6, 6.07) is 11.9. The molecular weight excluding hydrogens is 402 g/mol. The van der Waals surface area contributed by atoms with E-state index in [1.165, 1.54) is 6.92 Å². The van der Waals surface area contributed by atoms with Gasteiger partial charge < -0.3 is 19.5 Å². The van der Waals surface area contributed by atoms with Crippen molar-refractivity contribution < 1.29 is 19.0 Å². The maximum atomic E-state index is 12.2. The second-order valence-corrected chi connectivity index (χ2v) is 7.38. The summed E-state index contributed by atoms with van der Waals surface area (Å²) in [7, 11) is 0. The van der Waals surface area contributed by atoms with E-state index < -0.39 is 0 Å². The summed E-state index contributed by atoms with van der Waals surface area (Å²) in [5, 5.41) is 3.86. The van der Waals surface area contributed by atoms with Crippen molar-refractivity contribution in [2.45, 2.75) is 46.8 Å². The van der Waals surface area contributed by atoms with Crippen molar-refractivity contribution in [2.24, 2.45) is 0 Å². The number of nitrogens with one attached hydrogen (secondary N) is 1. The summed E-state index contributed by atoms with van der Waals surface area (Å²) in [4.78, 5) is 12.2. The molecule has 2 rings (SSSR count). The zero-order valence-electron chi connectivity index (χ0n) is 18.5. The fraction of sp³-hybridized carbons (Fsp3) is 0.458. The molecule has 2 aromatic rings. The van der Waals surface area contributed by atoms with Gasteiger partial charge in [-0.25, -0.2) is 0 Å². The number of ether oxygens (including phenoxy) is 3. The molecule has 0 radical (unpaired) electrons. The van der Waals surface area contributed by atoms with Crippen LogP contribution >= 0.6 is 11.6 Å². The topological polar surface area (TPSA) is 56.8 Å². The van der Waals surface area contributed by atoms with Gasteiger partial charge in [-0.1, -0.05) is 41.9 Å². The van der Waals surface area contributed by atoms with Gasteiger partial charge in [-0.05, 0) is 51.8 Å². The first-order chi connectivity index (χ1) is 14.4. The first-order valence-electron chi connectivity index (χ1n) is 10.4. The van der Waals surface area contributed by atoms with Gasteiger partial charge in [0.25, 0.3) is 0 Å². The molecule has 5 nitrogen and oxygen atoms in total. The summed E-state index contributed by atoms with van der Waals surface area (Å²) in [6.07, 6.45) is 0.0239. The summed E-state index contributed by atoms with van der Waals surface area (Å²) >= 11 is 6.64. The second-order valence-electron chi connectivity index (χ2n) is 7.00. The van der Waals surface area contributed by atoms with Crippen LogP contribution in [0.2, 0.25) is 5.02 Å². The molecule has 0 fully saturated rings. The Labute approximate surface area is 184 Å². The van der Waals surface area contributed by atoms with E-state index in [9.17, 15) is 4.79 Å². The monoisotopic (exact) mass is 433 g/mol. The van der Waals surface area contributed by atoms with E-state index in [1.807, 2.05) is 52.0 Å². The number of hydrogen-bond acceptors (Lipinski definition) is 5. The van der Waals surface area contributed by atoms with Crippen LogP contribution in [0, 0.1) is 0 Å². The number of ketones is 1. The lowest BCUT2D eigenvalue weighted by Gasteiger charge is -2.22. The number of rotatable bonds is 12. The average Bonchev–Trinajstić information content (AvgIpc) is 2.73. The molecular formula is C24H32ClNO4. The molecule has 0 heterocycles. The van der Waals surface area contributed by atoms with E-state index in [4.69, 9.17) is 25.8 Å². The fourth-order valence-electron chi connectivity index (χ4n) is 3.27. The normalized spacial score (nSPS) is 13.0. The van der Waals surface area contributed by atoms with Gasteiger partial charge in [0.2, 0.25) is 0 Å². The molecule has 2 aromatic carbocycles. The molecule has 164 valence electrons.